The molecule has 21 heavy (non-hydrogen) atoms. The van der Waals surface area contributed by atoms with E-state index in [-0.39, 0.29) is 5.63 Å². The maximum Gasteiger partial charge on any atom is 0.347 e. The summed E-state index contributed by atoms with van der Waals surface area (Å²) in [5, 5.41) is 1.33. The minimum atomic E-state index is -0.355. The van der Waals surface area contributed by atoms with Crippen molar-refractivity contribution in [3.8, 4) is 0 Å². The second kappa shape index (κ2) is 4.63. The largest absolute Gasteiger partial charge is 0.460 e. The molecular weight excluding hydrogens is 264 g/mol. The molecule has 2 aromatic carbocycles. The first-order chi connectivity index (χ1) is 10.3. The van der Waals surface area contributed by atoms with Gasteiger partial charge < -0.3 is 8.83 Å². The molecule has 2 heterocycles. The minimum Gasteiger partial charge on any atom is -0.460 e. The monoisotopic (exact) mass is 276 g/mol. The van der Waals surface area contributed by atoms with Crippen LogP contribution in [0.4, 0.5) is 0 Å². The van der Waals surface area contributed by atoms with E-state index in [9.17, 15) is 4.79 Å². The van der Waals surface area contributed by atoms with Crippen molar-refractivity contribution < 1.29 is 8.83 Å². The molecule has 0 unspecified atom stereocenters. The van der Waals surface area contributed by atoms with Crippen LogP contribution in [0.2, 0.25) is 0 Å². The molecule has 0 saturated carbocycles. The van der Waals surface area contributed by atoms with Crippen molar-refractivity contribution in [2.45, 2.75) is 6.42 Å². The lowest BCUT2D eigenvalue weighted by Crippen LogP contribution is -1.97. The van der Waals surface area contributed by atoms with Gasteiger partial charge in [-0.1, -0.05) is 42.5 Å². The Morgan fingerprint density at radius 3 is 2.43 bits per heavy atom. The molecule has 0 aliphatic rings. The Balaban J connectivity index is 1.91. The predicted octanol–water partition coefficient (Wildman–Crippen LogP) is 4.13. The number of rotatable bonds is 2. The molecule has 2 aromatic heterocycles. The molecular formula is C18H12O3. The Hall–Kier alpha value is -2.81. The van der Waals surface area contributed by atoms with Crippen molar-refractivity contribution in [3.05, 3.63) is 82.4 Å². The van der Waals surface area contributed by atoms with Crippen LogP contribution in [0.25, 0.3) is 21.9 Å². The fourth-order valence-corrected chi connectivity index (χ4v) is 2.58. The van der Waals surface area contributed by atoms with Gasteiger partial charge in [-0.3, -0.25) is 0 Å². The average Bonchev–Trinajstić information content (AvgIpc) is 2.93. The summed E-state index contributed by atoms with van der Waals surface area (Å²) in [6, 6.07) is 19.2. The van der Waals surface area contributed by atoms with Crippen molar-refractivity contribution >= 4 is 21.9 Å². The van der Waals surface area contributed by atoms with Gasteiger partial charge in [0, 0.05) is 6.42 Å². The summed E-state index contributed by atoms with van der Waals surface area (Å²) in [6.45, 7) is 0. The number of hydrogen-bond donors (Lipinski definition) is 0. The number of hydrogen-bond acceptors (Lipinski definition) is 3. The van der Waals surface area contributed by atoms with Crippen LogP contribution in [-0.4, -0.2) is 0 Å². The lowest BCUT2D eigenvalue weighted by molar-refractivity contribution is 0.553. The summed E-state index contributed by atoms with van der Waals surface area (Å²) in [6.07, 6.45) is 0.656. The quantitative estimate of drug-likeness (QED) is 0.517. The molecule has 0 atom stereocenters. The summed E-state index contributed by atoms with van der Waals surface area (Å²) < 4.78 is 11.2. The number of para-hydroxylation sites is 1. The minimum absolute atomic E-state index is 0.355. The van der Waals surface area contributed by atoms with Crippen LogP contribution < -0.4 is 5.63 Å². The zero-order chi connectivity index (χ0) is 14.2. The average molecular weight is 276 g/mol. The third-order valence-corrected chi connectivity index (χ3v) is 3.56. The molecule has 0 amide bonds. The van der Waals surface area contributed by atoms with Crippen molar-refractivity contribution in [2.24, 2.45) is 0 Å². The van der Waals surface area contributed by atoms with Crippen molar-refractivity contribution in [2.75, 3.05) is 0 Å². The maximum absolute atomic E-state index is 12.0. The van der Waals surface area contributed by atoms with Gasteiger partial charge in [-0.15, -0.1) is 0 Å². The van der Waals surface area contributed by atoms with Gasteiger partial charge in [0.05, 0.1) is 5.39 Å². The van der Waals surface area contributed by atoms with Crippen LogP contribution >= 0.6 is 0 Å². The Morgan fingerprint density at radius 2 is 1.57 bits per heavy atom. The lowest BCUT2D eigenvalue weighted by atomic mass is 10.1. The van der Waals surface area contributed by atoms with E-state index in [4.69, 9.17) is 8.83 Å². The fraction of sp³-hybridized carbons (Fsp3) is 0.0556. The highest BCUT2D eigenvalue weighted by Gasteiger charge is 2.13. The Bertz CT molecular complexity index is 978. The van der Waals surface area contributed by atoms with E-state index in [1.807, 2.05) is 48.5 Å². The van der Waals surface area contributed by atoms with Crippen LogP contribution in [0, 0.1) is 0 Å². The first-order valence-electron chi connectivity index (χ1n) is 6.79. The lowest BCUT2D eigenvalue weighted by Gasteiger charge is -1.97. The molecule has 0 saturated heterocycles. The third kappa shape index (κ3) is 2.03. The zero-order valence-electron chi connectivity index (χ0n) is 11.2. The highest BCUT2D eigenvalue weighted by atomic mass is 16.4. The predicted molar refractivity (Wildman–Crippen MR) is 81.5 cm³/mol. The maximum atomic E-state index is 12.0. The highest BCUT2D eigenvalue weighted by molar-refractivity contribution is 6.00. The summed E-state index contributed by atoms with van der Waals surface area (Å²) in [5.41, 5.74) is 1.94. The zero-order valence-corrected chi connectivity index (χ0v) is 11.2. The van der Waals surface area contributed by atoms with Gasteiger partial charge in [0.15, 0.2) is 5.58 Å². The van der Waals surface area contributed by atoms with Gasteiger partial charge in [-0.25, -0.2) is 4.79 Å². The van der Waals surface area contributed by atoms with E-state index in [0.29, 0.717) is 23.0 Å². The van der Waals surface area contributed by atoms with Gasteiger partial charge in [0.25, 0.3) is 0 Å². The Labute approximate surface area is 120 Å². The normalized spacial score (nSPS) is 11.2. The van der Waals surface area contributed by atoms with Crippen molar-refractivity contribution in [1.82, 2.24) is 0 Å². The first-order valence-corrected chi connectivity index (χ1v) is 6.79. The molecule has 3 heteroatoms. The van der Waals surface area contributed by atoms with E-state index in [1.54, 1.807) is 12.1 Å². The Kier molecular flexibility index (Phi) is 2.64. The molecule has 0 aliphatic carbocycles. The third-order valence-electron chi connectivity index (χ3n) is 3.56. The van der Waals surface area contributed by atoms with Gasteiger partial charge in [-0.05, 0) is 23.8 Å². The van der Waals surface area contributed by atoms with E-state index < -0.39 is 0 Å². The van der Waals surface area contributed by atoms with E-state index in [2.05, 4.69) is 0 Å². The molecule has 0 bridgehead atoms. The summed E-state index contributed by atoms with van der Waals surface area (Å²) in [4.78, 5) is 12.0. The van der Waals surface area contributed by atoms with Crippen molar-refractivity contribution in [1.29, 1.82) is 0 Å². The molecule has 0 aliphatic heterocycles. The summed E-state index contributed by atoms with van der Waals surface area (Å²) >= 11 is 0. The van der Waals surface area contributed by atoms with E-state index >= 15 is 0 Å². The number of furan rings is 1. The second-order valence-corrected chi connectivity index (χ2v) is 5.00. The molecule has 0 radical (unpaired) electrons. The summed E-state index contributed by atoms with van der Waals surface area (Å²) in [5.74, 6) is 0.764. The van der Waals surface area contributed by atoms with Crippen molar-refractivity contribution in [3.63, 3.8) is 0 Å². The standard InChI is InChI=1S/C18H12O3/c19-18-15-11-13(10-12-6-2-1-3-7-12)20-17(15)14-8-4-5-9-16(14)21-18/h1-9,11H,10H2. The smallest absolute Gasteiger partial charge is 0.347 e. The molecule has 4 rings (SSSR count). The first kappa shape index (κ1) is 12.0. The van der Waals surface area contributed by atoms with E-state index in [0.717, 1.165) is 16.7 Å². The highest BCUT2D eigenvalue weighted by Crippen LogP contribution is 2.26. The molecule has 102 valence electrons. The molecule has 0 fully saturated rings. The number of fused-ring (bicyclic) bond motifs is 3. The van der Waals surface area contributed by atoms with Gasteiger partial charge in [0.1, 0.15) is 16.7 Å². The van der Waals surface area contributed by atoms with Crippen LogP contribution in [0.1, 0.15) is 11.3 Å². The van der Waals surface area contributed by atoms with Crippen LogP contribution in [0.5, 0.6) is 0 Å². The number of benzene rings is 2. The Morgan fingerprint density at radius 1 is 0.810 bits per heavy atom. The van der Waals surface area contributed by atoms with Crippen LogP contribution in [0.15, 0.2) is 74.3 Å². The van der Waals surface area contributed by atoms with Gasteiger partial charge >= 0.3 is 5.63 Å². The van der Waals surface area contributed by atoms with Gasteiger partial charge in [0.2, 0.25) is 0 Å². The fourth-order valence-electron chi connectivity index (χ4n) is 2.58. The SMILES string of the molecule is O=c1oc2ccccc2c2oc(Cc3ccccc3)cc12. The second-order valence-electron chi connectivity index (χ2n) is 5.00. The van der Waals surface area contributed by atoms with E-state index in [1.165, 1.54) is 0 Å². The van der Waals surface area contributed by atoms with Gasteiger partial charge in [-0.2, -0.15) is 0 Å². The van der Waals surface area contributed by atoms with Crippen LogP contribution in [-0.2, 0) is 6.42 Å². The topological polar surface area (TPSA) is 43.4 Å². The molecule has 3 nitrogen and oxygen atoms in total. The summed E-state index contributed by atoms with van der Waals surface area (Å²) in [7, 11) is 0. The molecule has 0 spiro atoms. The molecule has 4 aromatic rings. The molecule has 0 N–H and O–H groups in total. The van der Waals surface area contributed by atoms with Crippen LogP contribution in [0.3, 0.4) is 0 Å².